The Morgan fingerprint density at radius 2 is 1.00 bits per heavy atom. The van der Waals surface area contributed by atoms with Gasteiger partial charge in [0.05, 0.1) is 5.56 Å². The Bertz CT molecular complexity index is 1160. The highest BCUT2D eigenvalue weighted by molar-refractivity contribution is 5.67. The van der Waals surface area contributed by atoms with Crippen molar-refractivity contribution in [2.24, 2.45) is 0 Å². The van der Waals surface area contributed by atoms with Crippen LogP contribution < -0.4 is 0 Å². The lowest BCUT2D eigenvalue weighted by atomic mass is 9.99. The summed E-state index contributed by atoms with van der Waals surface area (Å²) in [5.41, 5.74) is 3.17. The lowest BCUT2D eigenvalue weighted by molar-refractivity contribution is -0.137. The third-order valence-corrected chi connectivity index (χ3v) is 4.76. The first-order chi connectivity index (χ1) is 17.2. The molecule has 0 saturated carbocycles. The number of hydrogen-bond acceptors (Lipinski definition) is 0. The summed E-state index contributed by atoms with van der Waals surface area (Å²) in [6.45, 7) is 9.94. The highest BCUT2D eigenvalue weighted by Gasteiger charge is 2.29. The Hall–Kier alpha value is -3.54. The predicted octanol–water partition coefficient (Wildman–Crippen LogP) is 10.5. The second-order valence-corrected chi connectivity index (χ2v) is 7.01. The van der Waals surface area contributed by atoms with Crippen LogP contribution in [0.2, 0.25) is 0 Å². The molecule has 0 radical (unpaired) electrons. The molecule has 0 saturated heterocycles. The number of aryl methyl sites for hydroxylation is 1. The van der Waals surface area contributed by atoms with Gasteiger partial charge >= 0.3 is 6.18 Å². The number of halogens is 6. The molecule has 4 rings (SSSR count). The molecule has 0 nitrogen and oxygen atoms in total. The fourth-order valence-corrected chi connectivity index (χ4v) is 3.09. The number of benzene rings is 4. The van der Waals surface area contributed by atoms with Gasteiger partial charge in [0.2, 0.25) is 0 Å². The van der Waals surface area contributed by atoms with E-state index in [-0.39, 0.29) is 0 Å². The van der Waals surface area contributed by atoms with Gasteiger partial charge in [-0.3, -0.25) is 0 Å². The van der Waals surface area contributed by atoms with Gasteiger partial charge in [0.1, 0.15) is 0 Å². The van der Waals surface area contributed by atoms with Gasteiger partial charge in [-0.2, -0.15) is 13.2 Å². The summed E-state index contributed by atoms with van der Waals surface area (Å²) < 4.78 is 75.7. The number of rotatable bonds is 2. The van der Waals surface area contributed by atoms with Gasteiger partial charge in [0, 0.05) is 0 Å². The fourth-order valence-electron chi connectivity index (χ4n) is 3.09. The van der Waals surface area contributed by atoms with Crippen molar-refractivity contribution in [3.05, 3.63) is 120 Å². The summed E-state index contributed by atoms with van der Waals surface area (Å²) in [7, 11) is 0. The topological polar surface area (TPSA) is 0 Å². The predicted molar refractivity (Wildman–Crippen MR) is 136 cm³/mol. The van der Waals surface area contributed by atoms with Crippen LogP contribution in [0.5, 0.6) is 0 Å². The quantitative estimate of drug-likeness (QED) is 0.188. The van der Waals surface area contributed by atoms with Crippen molar-refractivity contribution < 1.29 is 26.3 Å². The van der Waals surface area contributed by atoms with Crippen LogP contribution in [0.1, 0.15) is 38.8 Å². The van der Waals surface area contributed by atoms with Crippen LogP contribution in [0.15, 0.2) is 91.0 Å². The Morgan fingerprint density at radius 1 is 0.528 bits per heavy atom. The molecule has 0 amide bonds. The molecule has 6 heteroatoms. The van der Waals surface area contributed by atoms with Crippen LogP contribution in [0, 0.1) is 24.4 Å². The molecule has 0 spiro atoms. The van der Waals surface area contributed by atoms with Crippen molar-refractivity contribution in [2.75, 3.05) is 0 Å². The van der Waals surface area contributed by atoms with E-state index in [0.717, 1.165) is 41.0 Å². The minimum absolute atomic E-state index is 0.326. The minimum Gasteiger partial charge on any atom is -0.204 e. The smallest absolute Gasteiger partial charge is 0.204 e. The third-order valence-electron chi connectivity index (χ3n) is 4.76. The Morgan fingerprint density at radius 3 is 1.47 bits per heavy atom. The maximum Gasteiger partial charge on any atom is 0.416 e. The monoisotopic (exact) mass is 504 g/mol. The molecule has 192 valence electrons. The molecule has 0 aliphatic heterocycles. The van der Waals surface area contributed by atoms with Crippen LogP contribution in [0.3, 0.4) is 0 Å². The van der Waals surface area contributed by atoms with Crippen LogP contribution in [0.25, 0.3) is 22.3 Å². The van der Waals surface area contributed by atoms with Crippen LogP contribution >= 0.6 is 0 Å². The lowest BCUT2D eigenvalue weighted by Gasteiger charge is -2.09. The highest BCUT2D eigenvalue weighted by Crippen LogP contribution is 2.31. The van der Waals surface area contributed by atoms with Crippen molar-refractivity contribution in [3.63, 3.8) is 0 Å². The molecular formula is C30H30F6. The molecule has 0 heterocycles. The van der Waals surface area contributed by atoms with Gasteiger partial charge in [-0.15, -0.1) is 0 Å². The van der Waals surface area contributed by atoms with Gasteiger partial charge in [-0.05, 0) is 59.0 Å². The molecule has 0 fully saturated rings. The number of hydrogen-bond donors (Lipinski definition) is 0. The molecule has 0 N–H and O–H groups in total. The van der Waals surface area contributed by atoms with Gasteiger partial charge in [0.25, 0.3) is 0 Å². The molecule has 4 aromatic rings. The molecular weight excluding hydrogens is 474 g/mol. The zero-order valence-electron chi connectivity index (χ0n) is 20.9. The summed E-state index contributed by atoms with van der Waals surface area (Å²) in [5.74, 6) is -3.78. The SMILES string of the molecule is CC.CC.Cc1ccccc1-c1ccc(C(F)(F)F)cc1.Fc1cc(-c2ccccc2)cc(F)c1F. The van der Waals surface area contributed by atoms with Gasteiger partial charge in [0.15, 0.2) is 17.5 Å². The normalized spacial score (nSPS) is 10.1. The van der Waals surface area contributed by atoms with E-state index in [1.165, 1.54) is 12.1 Å². The van der Waals surface area contributed by atoms with Crippen molar-refractivity contribution in [1.29, 1.82) is 0 Å². The summed E-state index contributed by atoms with van der Waals surface area (Å²) >= 11 is 0. The summed E-state index contributed by atoms with van der Waals surface area (Å²) in [5, 5.41) is 0. The molecule has 36 heavy (non-hydrogen) atoms. The zero-order valence-corrected chi connectivity index (χ0v) is 20.9. The van der Waals surface area contributed by atoms with E-state index in [0.29, 0.717) is 11.1 Å². The first kappa shape index (κ1) is 30.5. The molecule has 0 bridgehead atoms. The zero-order chi connectivity index (χ0) is 27.3. The Labute approximate surface area is 209 Å². The van der Waals surface area contributed by atoms with Gasteiger partial charge in [-0.25, -0.2) is 13.2 Å². The van der Waals surface area contributed by atoms with Crippen molar-refractivity contribution in [1.82, 2.24) is 0 Å². The standard InChI is InChI=1S/C14H11F3.C12H7F3.2C2H6/c1-10-4-2-3-5-13(10)11-6-8-12(9-7-11)14(15,16)17;13-10-6-9(7-11(14)12(10)15)8-4-2-1-3-5-8;2*1-2/h2-9H,1H3;1-7H;2*1-2H3. The van der Waals surface area contributed by atoms with Crippen LogP contribution in [-0.2, 0) is 6.18 Å². The Kier molecular flexibility index (Phi) is 12.5. The van der Waals surface area contributed by atoms with E-state index in [9.17, 15) is 26.3 Å². The second-order valence-electron chi connectivity index (χ2n) is 7.01. The van der Waals surface area contributed by atoms with Gasteiger partial charge < -0.3 is 0 Å². The fraction of sp³-hybridized carbons (Fsp3) is 0.200. The largest absolute Gasteiger partial charge is 0.416 e. The van der Waals surface area contributed by atoms with E-state index in [1.807, 2.05) is 58.9 Å². The molecule has 0 unspecified atom stereocenters. The van der Waals surface area contributed by atoms with Crippen LogP contribution in [0.4, 0.5) is 26.3 Å². The molecule has 0 aliphatic carbocycles. The Balaban J connectivity index is 0.000000318. The number of alkyl halides is 3. The lowest BCUT2D eigenvalue weighted by Crippen LogP contribution is -2.04. The first-order valence-corrected chi connectivity index (χ1v) is 11.6. The summed E-state index contributed by atoms with van der Waals surface area (Å²) in [6, 6.07) is 23.5. The molecule has 0 aromatic heterocycles. The third kappa shape index (κ3) is 8.59. The van der Waals surface area contributed by atoms with Crippen LogP contribution in [-0.4, -0.2) is 0 Å². The maximum atomic E-state index is 12.9. The van der Waals surface area contributed by atoms with E-state index in [2.05, 4.69) is 0 Å². The van der Waals surface area contributed by atoms with E-state index in [4.69, 9.17) is 0 Å². The minimum atomic E-state index is -4.27. The highest BCUT2D eigenvalue weighted by atomic mass is 19.4. The van der Waals surface area contributed by atoms with Crippen molar-refractivity contribution in [2.45, 2.75) is 40.8 Å². The average molecular weight is 505 g/mol. The molecule has 0 atom stereocenters. The maximum absolute atomic E-state index is 12.9. The molecule has 0 aliphatic rings. The second kappa shape index (κ2) is 14.8. The van der Waals surface area contributed by atoms with Gasteiger partial charge in [-0.1, -0.05) is 94.4 Å². The summed E-state index contributed by atoms with van der Waals surface area (Å²) in [4.78, 5) is 0. The first-order valence-electron chi connectivity index (χ1n) is 11.6. The average Bonchev–Trinajstić information content (AvgIpc) is 2.90. The van der Waals surface area contributed by atoms with Crippen molar-refractivity contribution in [3.8, 4) is 22.3 Å². The van der Waals surface area contributed by atoms with E-state index in [1.54, 1.807) is 30.3 Å². The molecule has 4 aromatic carbocycles. The van der Waals surface area contributed by atoms with E-state index >= 15 is 0 Å². The van der Waals surface area contributed by atoms with E-state index < -0.39 is 29.2 Å². The summed E-state index contributed by atoms with van der Waals surface area (Å²) in [6.07, 6.45) is -4.27. The van der Waals surface area contributed by atoms with Crippen molar-refractivity contribution >= 4 is 0 Å².